The molecule has 4 nitrogen and oxygen atoms in total. The van der Waals surface area contributed by atoms with Gasteiger partial charge in [-0.2, -0.15) is 0 Å². The van der Waals surface area contributed by atoms with Crippen LogP contribution in [-0.4, -0.2) is 41.5 Å². The second-order valence-corrected chi connectivity index (χ2v) is 4.28. The lowest BCUT2D eigenvalue weighted by atomic mass is 10.2. The Kier molecular flexibility index (Phi) is 3.61. The number of imidazole rings is 1. The van der Waals surface area contributed by atoms with Crippen LogP contribution in [0.1, 0.15) is 24.6 Å². The fraction of sp³-hybridized carbons (Fsp3) is 0.700. The molecular formula is C10H17ClN4. The lowest BCUT2D eigenvalue weighted by Gasteiger charge is -2.26. The van der Waals surface area contributed by atoms with Crippen molar-refractivity contribution >= 4 is 11.6 Å². The number of H-pyrrole nitrogens is 1. The Hall–Kier alpha value is -0.580. The van der Waals surface area contributed by atoms with Gasteiger partial charge in [0, 0.05) is 6.54 Å². The second kappa shape index (κ2) is 4.96. The third-order valence-corrected chi connectivity index (χ3v) is 3.23. The van der Waals surface area contributed by atoms with E-state index in [-0.39, 0.29) is 0 Å². The molecule has 1 fully saturated rings. The first-order valence-electron chi connectivity index (χ1n) is 5.40. The highest BCUT2D eigenvalue weighted by atomic mass is 35.5. The molecule has 84 valence electrons. The third kappa shape index (κ3) is 2.33. The Labute approximate surface area is 95.0 Å². The molecule has 0 amide bonds. The van der Waals surface area contributed by atoms with E-state index in [0.717, 1.165) is 25.3 Å². The van der Waals surface area contributed by atoms with E-state index >= 15 is 0 Å². The number of likely N-dealkylation sites (N-methyl/N-ethyl adjacent to an activating group) is 1. The molecule has 0 spiro atoms. The van der Waals surface area contributed by atoms with Gasteiger partial charge in [-0.25, -0.2) is 4.98 Å². The zero-order chi connectivity index (χ0) is 10.7. The summed E-state index contributed by atoms with van der Waals surface area (Å²) in [5.74, 6) is 0. The van der Waals surface area contributed by atoms with Gasteiger partial charge in [0.05, 0.1) is 18.1 Å². The largest absolute Gasteiger partial charge is 0.346 e. The molecule has 0 aliphatic carbocycles. The van der Waals surface area contributed by atoms with Gasteiger partial charge in [0.2, 0.25) is 0 Å². The third-order valence-electron chi connectivity index (χ3n) is 2.93. The normalized spacial score (nSPS) is 19.6. The van der Waals surface area contributed by atoms with E-state index in [2.05, 4.69) is 20.2 Å². The number of hydrogen-bond donors (Lipinski definition) is 2. The van der Waals surface area contributed by atoms with Crippen molar-refractivity contribution in [2.24, 2.45) is 0 Å². The summed E-state index contributed by atoms with van der Waals surface area (Å²) in [5, 5.41) is 3.81. The highest BCUT2D eigenvalue weighted by molar-refractivity contribution is 6.30. The van der Waals surface area contributed by atoms with E-state index in [4.69, 9.17) is 11.6 Å². The molecule has 2 heterocycles. The number of nitrogens with one attached hydrogen (secondary N) is 2. The molecule has 15 heavy (non-hydrogen) atoms. The van der Waals surface area contributed by atoms with Crippen molar-refractivity contribution in [3.63, 3.8) is 0 Å². The first-order valence-corrected chi connectivity index (χ1v) is 5.78. The summed E-state index contributed by atoms with van der Waals surface area (Å²) in [6.07, 6.45) is 4.23. The molecular weight excluding hydrogens is 212 g/mol. The summed E-state index contributed by atoms with van der Waals surface area (Å²) in [6, 6.07) is 0.326. The summed E-state index contributed by atoms with van der Waals surface area (Å²) in [5.41, 5.74) is 1.04. The van der Waals surface area contributed by atoms with Crippen LogP contribution >= 0.6 is 11.6 Å². The zero-order valence-electron chi connectivity index (χ0n) is 8.96. The van der Waals surface area contributed by atoms with E-state index in [0.29, 0.717) is 11.2 Å². The zero-order valence-corrected chi connectivity index (χ0v) is 9.72. The second-order valence-electron chi connectivity index (χ2n) is 3.92. The van der Waals surface area contributed by atoms with Crippen LogP contribution in [0.4, 0.5) is 0 Å². The average molecular weight is 229 g/mol. The molecule has 1 saturated heterocycles. The van der Waals surface area contributed by atoms with Gasteiger partial charge in [-0.05, 0) is 33.0 Å². The summed E-state index contributed by atoms with van der Waals surface area (Å²) < 4.78 is 0. The van der Waals surface area contributed by atoms with Crippen molar-refractivity contribution in [3.8, 4) is 0 Å². The lowest BCUT2D eigenvalue weighted by molar-refractivity contribution is 0.238. The Morgan fingerprint density at radius 3 is 2.87 bits per heavy atom. The van der Waals surface area contributed by atoms with Gasteiger partial charge in [0.1, 0.15) is 0 Å². The monoisotopic (exact) mass is 228 g/mol. The topological polar surface area (TPSA) is 44.0 Å². The van der Waals surface area contributed by atoms with Gasteiger partial charge in [-0.1, -0.05) is 11.6 Å². The van der Waals surface area contributed by atoms with Crippen molar-refractivity contribution < 1.29 is 0 Å². The van der Waals surface area contributed by atoms with Crippen LogP contribution in [0.2, 0.25) is 5.15 Å². The van der Waals surface area contributed by atoms with Crippen molar-refractivity contribution in [3.05, 3.63) is 17.2 Å². The Balaban J connectivity index is 2.15. The highest BCUT2D eigenvalue weighted by Gasteiger charge is 2.25. The number of aromatic nitrogens is 2. The smallest absolute Gasteiger partial charge is 0.151 e. The first kappa shape index (κ1) is 10.9. The minimum Gasteiger partial charge on any atom is -0.346 e. The summed E-state index contributed by atoms with van der Waals surface area (Å²) in [6.45, 7) is 3.21. The Morgan fingerprint density at radius 2 is 2.33 bits per heavy atom. The number of halogens is 1. The molecule has 2 N–H and O–H groups in total. The first-order chi connectivity index (χ1) is 7.33. The minimum absolute atomic E-state index is 0.326. The molecule has 1 aromatic rings. The molecule has 1 aliphatic heterocycles. The van der Waals surface area contributed by atoms with Crippen LogP contribution in [0.3, 0.4) is 0 Å². The maximum absolute atomic E-state index is 6.05. The predicted octanol–water partition coefficient (Wildman–Crippen LogP) is 1.42. The fourth-order valence-corrected chi connectivity index (χ4v) is 2.41. The van der Waals surface area contributed by atoms with Gasteiger partial charge >= 0.3 is 0 Å². The fourth-order valence-electron chi connectivity index (χ4n) is 2.18. The van der Waals surface area contributed by atoms with Crippen molar-refractivity contribution in [2.45, 2.75) is 18.9 Å². The number of aromatic amines is 1. The summed E-state index contributed by atoms with van der Waals surface area (Å²) in [4.78, 5) is 9.64. The van der Waals surface area contributed by atoms with Gasteiger partial charge in [-0.15, -0.1) is 0 Å². The number of hydrogen-bond acceptors (Lipinski definition) is 3. The predicted molar refractivity (Wildman–Crippen MR) is 61.1 cm³/mol. The molecule has 1 unspecified atom stereocenters. The van der Waals surface area contributed by atoms with Crippen molar-refractivity contribution in [1.82, 2.24) is 20.2 Å². The minimum atomic E-state index is 0.326. The van der Waals surface area contributed by atoms with E-state index in [1.165, 1.54) is 12.8 Å². The summed E-state index contributed by atoms with van der Waals surface area (Å²) in [7, 11) is 1.97. The number of nitrogens with zero attached hydrogens (tertiary/aromatic N) is 2. The Bertz CT molecular complexity index is 306. The maximum Gasteiger partial charge on any atom is 0.151 e. The van der Waals surface area contributed by atoms with Crippen molar-refractivity contribution in [1.29, 1.82) is 0 Å². The SMILES string of the molecule is CNCC(c1[nH]cnc1Cl)N1CCCC1. The number of likely N-dealkylation sites (tertiary alicyclic amines) is 1. The molecule has 1 atom stereocenters. The van der Waals surface area contributed by atoms with E-state index in [1.807, 2.05) is 7.05 Å². The van der Waals surface area contributed by atoms with Crippen molar-refractivity contribution in [2.75, 3.05) is 26.7 Å². The van der Waals surface area contributed by atoms with E-state index < -0.39 is 0 Å². The van der Waals surface area contributed by atoms with Crippen LogP contribution in [0.5, 0.6) is 0 Å². The molecule has 5 heteroatoms. The van der Waals surface area contributed by atoms with E-state index in [9.17, 15) is 0 Å². The average Bonchev–Trinajstić information content (AvgIpc) is 2.85. The molecule has 0 bridgehead atoms. The molecule has 0 aromatic carbocycles. The van der Waals surface area contributed by atoms with Gasteiger partial charge in [0.15, 0.2) is 5.15 Å². The van der Waals surface area contributed by atoms with Gasteiger partial charge in [-0.3, -0.25) is 4.90 Å². The van der Waals surface area contributed by atoms with Crippen LogP contribution < -0.4 is 5.32 Å². The Morgan fingerprint density at radius 1 is 1.60 bits per heavy atom. The molecule has 1 aliphatic rings. The molecule has 0 saturated carbocycles. The maximum atomic E-state index is 6.05. The van der Waals surface area contributed by atoms with Crippen LogP contribution in [0.15, 0.2) is 6.33 Å². The summed E-state index contributed by atoms with van der Waals surface area (Å²) >= 11 is 6.05. The molecule has 0 radical (unpaired) electrons. The van der Waals surface area contributed by atoms with Crippen LogP contribution in [0.25, 0.3) is 0 Å². The van der Waals surface area contributed by atoms with Gasteiger partial charge < -0.3 is 10.3 Å². The van der Waals surface area contributed by atoms with E-state index in [1.54, 1.807) is 6.33 Å². The van der Waals surface area contributed by atoms with Crippen LogP contribution in [-0.2, 0) is 0 Å². The van der Waals surface area contributed by atoms with Crippen LogP contribution in [0, 0.1) is 0 Å². The highest BCUT2D eigenvalue weighted by Crippen LogP contribution is 2.27. The molecule has 1 aromatic heterocycles. The lowest BCUT2D eigenvalue weighted by Crippen LogP contribution is -2.33. The molecule has 2 rings (SSSR count). The quantitative estimate of drug-likeness (QED) is 0.819. The number of rotatable bonds is 4. The standard InChI is InChI=1S/C10H17ClN4/c1-12-6-8(15-4-2-3-5-15)9-10(11)14-7-13-9/h7-8,12H,2-6H2,1H3,(H,13,14). The van der Waals surface area contributed by atoms with Gasteiger partial charge in [0.25, 0.3) is 0 Å².